The molecule has 6 heteroatoms. The summed E-state index contributed by atoms with van der Waals surface area (Å²) >= 11 is 0. The summed E-state index contributed by atoms with van der Waals surface area (Å²) in [4.78, 5) is 12.8. The van der Waals surface area contributed by atoms with Gasteiger partial charge < -0.3 is 24.1 Å². The van der Waals surface area contributed by atoms with Gasteiger partial charge in [-0.05, 0) is 48.9 Å². The molecule has 0 saturated heterocycles. The maximum atomic E-state index is 12.8. The molecule has 1 aromatic heterocycles. The zero-order chi connectivity index (χ0) is 19.6. The Morgan fingerprint density at radius 2 is 1.70 bits per heavy atom. The van der Waals surface area contributed by atoms with Gasteiger partial charge in [0.25, 0.3) is 5.91 Å². The second kappa shape index (κ2) is 7.61. The third-order valence-electron chi connectivity index (χ3n) is 4.74. The number of aryl methyl sites for hydroxylation is 1. The number of rotatable bonds is 6. The molecule has 0 spiro atoms. The van der Waals surface area contributed by atoms with E-state index < -0.39 is 0 Å². The van der Waals surface area contributed by atoms with Crippen LogP contribution >= 0.6 is 0 Å². The Labute approximate surface area is 158 Å². The lowest BCUT2D eigenvalue weighted by Gasteiger charge is -2.17. The Morgan fingerprint density at radius 1 is 0.963 bits per heavy atom. The van der Waals surface area contributed by atoms with Crippen molar-refractivity contribution in [2.24, 2.45) is 7.05 Å². The van der Waals surface area contributed by atoms with E-state index in [1.165, 1.54) is 0 Å². The Hall–Kier alpha value is -3.15. The van der Waals surface area contributed by atoms with E-state index in [9.17, 15) is 4.79 Å². The Balaban J connectivity index is 1.84. The van der Waals surface area contributed by atoms with E-state index in [0.29, 0.717) is 17.2 Å². The maximum Gasteiger partial charge on any atom is 0.268 e. The second-order valence-electron chi connectivity index (χ2n) is 6.32. The number of amides is 1. The Kier molecular flexibility index (Phi) is 5.26. The average molecular weight is 368 g/mol. The third-order valence-corrected chi connectivity index (χ3v) is 4.74. The van der Waals surface area contributed by atoms with Crippen LogP contribution in [-0.4, -0.2) is 31.8 Å². The minimum atomic E-state index is -0.190. The monoisotopic (exact) mass is 368 g/mol. The highest BCUT2D eigenvalue weighted by Crippen LogP contribution is 2.30. The number of methoxy groups -OCH3 is 3. The molecule has 0 unspecified atom stereocenters. The lowest BCUT2D eigenvalue weighted by molar-refractivity contribution is 0.0932. The first-order valence-corrected chi connectivity index (χ1v) is 8.64. The minimum Gasteiger partial charge on any atom is -0.497 e. The van der Waals surface area contributed by atoms with Gasteiger partial charge in [-0.25, -0.2) is 0 Å². The first-order chi connectivity index (χ1) is 13.0. The van der Waals surface area contributed by atoms with Crippen LogP contribution in [0.15, 0.2) is 42.5 Å². The van der Waals surface area contributed by atoms with Crippen molar-refractivity contribution < 1.29 is 19.0 Å². The standard InChI is InChI=1S/C21H24N2O4/c1-13(14-6-9-19(26-4)20(12-14)27-5)22-21(24)18-11-15-10-16(25-3)7-8-17(15)23(18)2/h6-13H,1-5H3,(H,22,24)/t13-/m0/s1. The van der Waals surface area contributed by atoms with E-state index in [0.717, 1.165) is 22.2 Å². The van der Waals surface area contributed by atoms with Crippen LogP contribution in [0.25, 0.3) is 10.9 Å². The quantitative estimate of drug-likeness (QED) is 0.721. The van der Waals surface area contributed by atoms with Crippen molar-refractivity contribution in [3.63, 3.8) is 0 Å². The molecule has 1 amide bonds. The highest BCUT2D eigenvalue weighted by molar-refractivity contribution is 5.99. The van der Waals surface area contributed by atoms with Crippen LogP contribution in [0.3, 0.4) is 0 Å². The van der Waals surface area contributed by atoms with Crippen LogP contribution in [0.5, 0.6) is 17.2 Å². The Bertz CT molecular complexity index is 978. The minimum absolute atomic E-state index is 0.144. The van der Waals surface area contributed by atoms with E-state index in [-0.39, 0.29) is 11.9 Å². The predicted molar refractivity (Wildman–Crippen MR) is 105 cm³/mol. The van der Waals surface area contributed by atoms with Gasteiger partial charge in [0.15, 0.2) is 11.5 Å². The molecule has 6 nitrogen and oxygen atoms in total. The summed E-state index contributed by atoms with van der Waals surface area (Å²) in [6.07, 6.45) is 0. The number of nitrogens with one attached hydrogen (secondary N) is 1. The van der Waals surface area contributed by atoms with Gasteiger partial charge in [0.1, 0.15) is 11.4 Å². The van der Waals surface area contributed by atoms with Crippen LogP contribution in [-0.2, 0) is 7.05 Å². The number of benzene rings is 2. The zero-order valence-electron chi connectivity index (χ0n) is 16.2. The fourth-order valence-electron chi connectivity index (χ4n) is 3.15. The van der Waals surface area contributed by atoms with Gasteiger partial charge in [-0.1, -0.05) is 6.07 Å². The van der Waals surface area contributed by atoms with Crippen LogP contribution in [0.1, 0.15) is 29.0 Å². The van der Waals surface area contributed by atoms with Gasteiger partial charge in [-0.3, -0.25) is 4.79 Å². The van der Waals surface area contributed by atoms with Gasteiger partial charge >= 0.3 is 0 Å². The van der Waals surface area contributed by atoms with E-state index >= 15 is 0 Å². The molecular weight excluding hydrogens is 344 g/mol. The second-order valence-corrected chi connectivity index (χ2v) is 6.32. The summed E-state index contributed by atoms with van der Waals surface area (Å²) in [6.45, 7) is 1.94. The van der Waals surface area contributed by atoms with E-state index in [2.05, 4.69) is 5.32 Å². The number of hydrogen-bond donors (Lipinski definition) is 1. The summed E-state index contributed by atoms with van der Waals surface area (Å²) in [5.74, 6) is 1.91. The molecule has 2 aromatic carbocycles. The van der Waals surface area contributed by atoms with Crippen molar-refractivity contribution in [2.45, 2.75) is 13.0 Å². The number of carbonyl (C=O) groups is 1. The highest BCUT2D eigenvalue weighted by Gasteiger charge is 2.17. The van der Waals surface area contributed by atoms with Gasteiger partial charge in [0.2, 0.25) is 0 Å². The van der Waals surface area contributed by atoms with Gasteiger partial charge in [-0.2, -0.15) is 0 Å². The van der Waals surface area contributed by atoms with Crippen molar-refractivity contribution in [3.05, 3.63) is 53.7 Å². The molecule has 0 saturated carbocycles. The first-order valence-electron chi connectivity index (χ1n) is 8.64. The molecule has 1 atom stereocenters. The summed E-state index contributed by atoms with van der Waals surface area (Å²) in [5, 5.41) is 4.00. The fourth-order valence-corrected chi connectivity index (χ4v) is 3.15. The van der Waals surface area contributed by atoms with Crippen molar-refractivity contribution in [1.29, 1.82) is 0 Å². The SMILES string of the molecule is COc1ccc2c(c1)cc(C(=O)N[C@@H](C)c1ccc(OC)c(OC)c1)n2C. The molecular formula is C21H24N2O4. The number of hydrogen-bond acceptors (Lipinski definition) is 4. The van der Waals surface area contributed by atoms with Gasteiger partial charge in [0.05, 0.1) is 27.4 Å². The van der Waals surface area contributed by atoms with Crippen molar-refractivity contribution in [2.75, 3.05) is 21.3 Å². The zero-order valence-corrected chi connectivity index (χ0v) is 16.2. The maximum absolute atomic E-state index is 12.8. The molecule has 3 rings (SSSR count). The molecule has 0 aliphatic rings. The predicted octanol–water partition coefficient (Wildman–Crippen LogP) is 3.70. The number of carbonyl (C=O) groups excluding carboxylic acids is 1. The lowest BCUT2D eigenvalue weighted by atomic mass is 10.1. The number of ether oxygens (including phenoxy) is 3. The normalized spacial score (nSPS) is 11.9. The smallest absolute Gasteiger partial charge is 0.268 e. The summed E-state index contributed by atoms with van der Waals surface area (Å²) in [6, 6.07) is 13.1. The summed E-state index contributed by atoms with van der Waals surface area (Å²) in [7, 11) is 6.69. The molecule has 0 bridgehead atoms. The van der Waals surface area contributed by atoms with E-state index in [4.69, 9.17) is 14.2 Å². The molecule has 142 valence electrons. The molecule has 1 heterocycles. The molecule has 0 aliphatic heterocycles. The summed E-state index contributed by atoms with van der Waals surface area (Å²) < 4.78 is 17.8. The van der Waals surface area contributed by atoms with E-state index in [1.54, 1.807) is 21.3 Å². The molecule has 1 N–H and O–H groups in total. The van der Waals surface area contributed by atoms with E-state index in [1.807, 2.05) is 61.0 Å². The number of nitrogens with zero attached hydrogens (tertiary/aromatic N) is 1. The fraction of sp³-hybridized carbons (Fsp3) is 0.286. The molecule has 27 heavy (non-hydrogen) atoms. The van der Waals surface area contributed by atoms with Crippen LogP contribution in [0.4, 0.5) is 0 Å². The number of aromatic nitrogens is 1. The highest BCUT2D eigenvalue weighted by atomic mass is 16.5. The summed E-state index contributed by atoms with van der Waals surface area (Å²) in [5.41, 5.74) is 2.49. The average Bonchev–Trinajstić information content (AvgIpc) is 3.03. The first kappa shape index (κ1) is 18.6. The largest absolute Gasteiger partial charge is 0.497 e. The molecule has 0 fully saturated rings. The molecule has 0 radical (unpaired) electrons. The third kappa shape index (κ3) is 3.56. The lowest BCUT2D eigenvalue weighted by Crippen LogP contribution is -2.28. The Morgan fingerprint density at radius 3 is 2.37 bits per heavy atom. The topological polar surface area (TPSA) is 61.7 Å². The number of fused-ring (bicyclic) bond motifs is 1. The van der Waals surface area contributed by atoms with Crippen LogP contribution < -0.4 is 19.5 Å². The van der Waals surface area contributed by atoms with Gasteiger partial charge in [-0.15, -0.1) is 0 Å². The van der Waals surface area contributed by atoms with Gasteiger partial charge in [0, 0.05) is 18.0 Å². The van der Waals surface area contributed by atoms with Crippen LogP contribution in [0.2, 0.25) is 0 Å². The van der Waals surface area contributed by atoms with Crippen LogP contribution in [0, 0.1) is 0 Å². The van der Waals surface area contributed by atoms with Crippen molar-refractivity contribution in [1.82, 2.24) is 9.88 Å². The van der Waals surface area contributed by atoms with Crippen molar-refractivity contribution >= 4 is 16.8 Å². The van der Waals surface area contributed by atoms with Crippen molar-refractivity contribution in [3.8, 4) is 17.2 Å². The molecule has 0 aliphatic carbocycles. The molecule has 3 aromatic rings.